The number of allylic oxidation sites excluding steroid dienone is 1. The lowest BCUT2D eigenvalue weighted by Gasteiger charge is -2.15. The molecule has 0 spiro atoms. The molecule has 1 aliphatic heterocycles. The van der Waals surface area contributed by atoms with Crippen LogP contribution in [0.2, 0.25) is 0 Å². The zero-order valence-electron chi connectivity index (χ0n) is 19.8. The average molecular weight is 491 g/mol. The van der Waals surface area contributed by atoms with Crippen LogP contribution in [0.4, 0.5) is 0 Å². The highest BCUT2D eigenvalue weighted by Gasteiger charge is 2.35. The number of esters is 1. The normalized spacial score (nSPS) is 15.4. The number of nitrogens with zero attached hydrogens (tertiary/aromatic N) is 2. The number of phenols is 1. The first-order valence-corrected chi connectivity index (χ1v) is 12.0. The predicted molar refractivity (Wildman–Crippen MR) is 138 cm³/mol. The maximum atomic E-state index is 13.4. The van der Waals surface area contributed by atoms with E-state index in [0.29, 0.717) is 34.0 Å². The van der Waals surface area contributed by atoms with Crippen molar-refractivity contribution in [1.82, 2.24) is 9.88 Å². The highest BCUT2D eigenvalue weighted by molar-refractivity contribution is 6.21. The summed E-state index contributed by atoms with van der Waals surface area (Å²) in [7, 11) is 0. The number of aromatic nitrogens is 1. The van der Waals surface area contributed by atoms with Gasteiger partial charge in [-0.05, 0) is 65.9 Å². The first-order chi connectivity index (χ1) is 18.0. The third-order valence-corrected chi connectivity index (χ3v) is 6.81. The number of hydrogen-bond donors (Lipinski definition) is 1. The van der Waals surface area contributed by atoms with Crippen molar-refractivity contribution in [1.29, 1.82) is 0 Å². The quantitative estimate of drug-likeness (QED) is 0.316. The fourth-order valence-corrected chi connectivity index (χ4v) is 5.03. The molecule has 2 heterocycles. The van der Waals surface area contributed by atoms with Gasteiger partial charge in [0.25, 0.3) is 11.8 Å². The summed E-state index contributed by atoms with van der Waals surface area (Å²) in [6.07, 6.45) is 3.37. The lowest BCUT2D eigenvalue weighted by Crippen LogP contribution is -2.33. The van der Waals surface area contributed by atoms with E-state index in [1.54, 1.807) is 36.4 Å². The summed E-state index contributed by atoms with van der Waals surface area (Å²) < 4.78 is 5.63. The van der Waals surface area contributed by atoms with E-state index in [2.05, 4.69) is 0 Å². The van der Waals surface area contributed by atoms with Crippen molar-refractivity contribution in [3.05, 3.63) is 106 Å². The fraction of sp³-hybridized carbons (Fsp3) is 0.133. The van der Waals surface area contributed by atoms with Crippen LogP contribution in [0.5, 0.6) is 5.75 Å². The standard InChI is InChI=1S/C30H22N2O5/c33-20-12-9-18(10-13-20)17-19-11-14-24-26(23-7-3-4-8-25(23)31-27(19)24)30(36)37-16-15-32-28(34)21-5-1-2-6-22(21)29(32)35/h1-10,12-13,17,33H,11,14-16H2/b19-17+. The third kappa shape index (κ3) is 3.94. The van der Waals surface area contributed by atoms with Crippen LogP contribution in [-0.2, 0) is 11.2 Å². The summed E-state index contributed by atoms with van der Waals surface area (Å²) in [6, 6.07) is 21.0. The maximum absolute atomic E-state index is 13.4. The van der Waals surface area contributed by atoms with Crippen LogP contribution in [-0.4, -0.2) is 45.9 Å². The van der Waals surface area contributed by atoms with Crippen LogP contribution in [0.3, 0.4) is 0 Å². The number of imide groups is 1. The minimum Gasteiger partial charge on any atom is -0.508 e. The van der Waals surface area contributed by atoms with Crippen LogP contribution in [0.15, 0.2) is 72.8 Å². The van der Waals surface area contributed by atoms with Crippen molar-refractivity contribution >= 4 is 40.3 Å². The molecular weight excluding hydrogens is 468 g/mol. The summed E-state index contributed by atoms with van der Waals surface area (Å²) in [5.74, 6) is -1.06. The van der Waals surface area contributed by atoms with Gasteiger partial charge in [-0.15, -0.1) is 0 Å². The Bertz CT molecular complexity index is 1590. The number of rotatable bonds is 5. The minimum atomic E-state index is -0.502. The SMILES string of the molecule is O=C(OCCN1C(=O)c2ccccc2C1=O)c1c2c(nc3ccccc13)/C(=C/c1ccc(O)cc1)CC2. The van der Waals surface area contributed by atoms with E-state index in [9.17, 15) is 19.5 Å². The molecule has 182 valence electrons. The maximum Gasteiger partial charge on any atom is 0.339 e. The molecule has 7 nitrogen and oxygen atoms in total. The zero-order chi connectivity index (χ0) is 25.5. The third-order valence-electron chi connectivity index (χ3n) is 6.81. The number of ether oxygens (including phenoxy) is 1. The van der Waals surface area contributed by atoms with Gasteiger partial charge in [0.1, 0.15) is 12.4 Å². The molecule has 3 aromatic carbocycles. The van der Waals surface area contributed by atoms with Gasteiger partial charge in [0.2, 0.25) is 0 Å². The Morgan fingerprint density at radius 1 is 0.919 bits per heavy atom. The number of amides is 2. The molecule has 0 bridgehead atoms. The number of phenolic OH excluding ortho intramolecular Hbond substituents is 1. The monoisotopic (exact) mass is 490 g/mol. The Hall–Kier alpha value is -4.78. The van der Waals surface area contributed by atoms with Gasteiger partial charge >= 0.3 is 5.97 Å². The molecule has 0 fully saturated rings. The van der Waals surface area contributed by atoms with Crippen LogP contribution in [0.25, 0.3) is 22.6 Å². The van der Waals surface area contributed by atoms with Gasteiger partial charge in [-0.3, -0.25) is 14.5 Å². The van der Waals surface area contributed by atoms with Crippen molar-refractivity contribution in [2.75, 3.05) is 13.2 Å². The number of fused-ring (bicyclic) bond motifs is 3. The highest BCUT2D eigenvalue weighted by atomic mass is 16.5. The molecule has 37 heavy (non-hydrogen) atoms. The van der Waals surface area contributed by atoms with Crippen molar-refractivity contribution in [2.24, 2.45) is 0 Å². The van der Waals surface area contributed by atoms with Crippen LogP contribution >= 0.6 is 0 Å². The Kier molecular flexibility index (Phi) is 5.53. The molecule has 6 rings (SSSR count). The number of carbonyl (C=O) groups excluding carboxylic acids is 3. The fourth-order valence-electron chi connectivity index (χ4n) is 5.03. The van der Waals surface area contributed by atoms with Crippen molar-refractivity contribution in [2.45, 2.75) is 12.8 Å². The summed E-state index contributed by atoms with van der Waals surface area (Å²) in [6.45, 7) is -0.124. The van der Waals surface area contributed by atoms with Gasteiger partial charge < -0.3 is 9.84 Å². The molecule has 1 aromatic heterocycles. The summed E-state index contributed by atoms with van der Waals surface area (Å²) >= 11 is 0. The van der Waals surface area contributed by atoms with Gasteiger partial charge in [-0.2, -0.15) is 0 Å². The van der Waals surface area contributed by atoms with Gasteiger partial charge in [-0.1, -0.05) is 42.5 Å². The van der Waals surface area contributed by atoms with Crippen LogP contribution in [0.1, 0.15) is 54.3 Å². The van der Waals surface area contributed by atoms with Gasteiger partial charge in [0.05, 0.1) is 34.4 Å². The van der Waals surface area contributed by atoms with E-state index in [0.717, 1.165) is 33.7 Å². The molecular formula is C30H22N2O5. The smallest absolute Gasteiger partial charge is 0.339 e. The lowest BCUT2D eigenvalue weighted by molar-refractivity contribution is 0.0421. The Morgan fingerprint density at radius 3 is 2.32 bits per heavy atom. The largest absolute Gasteiger partial charge is 0.508 e. The van der Waals surface area contributed by atoms with E-state index in [-0.39, 0.29) is 30.7 Å². The number of aromatic hydroxyl groups is 1. The van der Waals surface area contributed by atoms with Crippen molar-refractivity contribution in [3.8, 4) is 5.75 Å². The number of benzene rings is 3. The number of para-hydroxylation sites is 1. The van der Waals surface area contributed by atoms with Gasteiger partial charge in [-0.25, -0.2) is 9.78 Å². The van der Waals surface area contributed by atoms with E-state index < -0.39 is 5.97 Å². The van der Waals surface area contributed by atoms with Crippen molar-refractivity contribution in [3.63, 3.8) is 0 Å². The molecule has 0 saturated carbocycles. The molecule has 2 aliphatic rings. The molecule has 0 atom stereocenters. The predicted octanol–water partition coefficient (Wildman–Crippen LogP) is 4.88. The van der Waals surface area contributed by atoms with Crippen LogP contribution in [0, 0.1) is 0 Å². The number of hydrogen-bond acceptors (Lipinski definition) is 6. The van der Waals surface area contributed by atoms with Gasteiger partial charge in [0.15, 0.2) is 0 Å². The molecule has 2 amide bonds. The molecule has 7 heteroatoms. The van der Waals surface area contributed by atoms with Crippen LogP contribution < -0.4 is 0 Å². The second kappa shape index (κ2) is 9.02. The van der Waals surface area contributed by atoms with Crippen molar-refractivity contribution < 1.29 is 24.2 Å². The Balaban J connectivity index is 1.27. The van der Waals surface area contributed by atoms with E-state index in [1.807, 2.05) is 42.5 Å². The number of carbonyl (C=O) groups is 3. The second-order valence-electron chi connectivity index (χ2n) is 9.04. The first-order valence-electron chi connectivity index (χ1n) is 12.0. The van der Waals surface area contributed by atoms with E-state index in [4.69, 9.17) is 9.72 Å². The highest BCUT2D eigenvalue weighted by Crippen LogP contribution is 2.38. The summed E-state index contributed by atoms with van der Waals surface area (Å²) in [5, 5.41) is 10.3. The summed E-state index contributed by atoms with van der Waals surface area (Å²) in [4.78, 5) is 44.6. The summed E-state index contributed by atoms with van der Waals surface area (Å²) in [5.41, 5.74) is 5.42. The van der Waals surface area contributed by atoms with E-state index >= 15 is 0 Å². The second-order valence-corrected chi connectivity index (χ2v) is 9.04. The van der Waals surface area contributed by atoms with Gasteiger partial charge in [0, 0.05) is 5.39 Å². The zero-order valence-corrected chi connectivity index (χ0v) is 19.8. The Labute approximate surface area is 212 Å². The van der Waals surface area contributed by atoms with E-state index in [1.165, 1.54) is 0 Å². The molecule has 1 N–H and O–H groups in total. The minimum absolute atomic E-state index is 0.0186. The average Bonchev–Trinajstić information content (AvgIpc) is 3.42. The topological polar surface area (TPSA) is 96.8 Å². The molecule has 0 saturated heterocycles. The Morgan fingerprint density at radius 2 is 1.59 bits per heavy atom. The number of pyridine rings is 1. The first kappa shape index (κ1) is 22.7. The molecule has 0 radical (unpaired) electrons. The molecule has 0 unspecified atom stereocenters. The molecule has 1 aliphatic carbocycles. The molecule has 4 aromatic rings. The lowest BCUT2D eigenvalue weighted by atomic mass is 10.0.